The molecule has 2 heterocycles. The summed E-state index contributed by atoms with van der Waals surface area (Å²) >= 11 is 0. The van der Waals surface area contributed by atoms with Gasteiger partial charge in [-0.2, -0.15) is 5.10 Å². The number of amides is 1. The normalized spacial score (nSPS) is 10.2. The Bertz CT molecular complexity index is 605. The molecule has 0 radical (unpaired) electrons. The van der Waals surface area contributed by atoms with Gasteiger partial charge in [0.1, 0.15) is 0 Å². The summed E-state index contributed by atoms with van der Waals surface area (Å²) in [6.45, 7) is 2.31. The molecule has 0 aromatic carbocycles. The van der Waals surface area contributed by atoms with Crippen LogP contribution >= 0.6 is 0 Å². The van der Waals surface area contributed by atoms with E-state index in [9.17, 15) is 9.59 Å². The molecule has 0 aliphatic heterocycles. The molecule has 0 aliphatic rings. The van der Waals surface area contributed by atoms with Gasteiger partial charge in [-0.3, -0.25) is 4.79 Å². The third-order valence-corrected chi connectivity index (χ3v) is 2.28. The molecular formula is C11H11N5O3. The molecule has 0 aliphatic carbocycles. The van der Waals surface area contributed by atoms with Gasteiger partial charge in [-0.1, -0.05) is 0 Å². The largest absolute Gasteiger partial charge is 0.478 e. The number of hydrogen-bond donors (Lipinski definition) is 2. The number of carbonyl (C=O) groups excluding carboxylic acids is 1. The number of carbonyl (C=O) groups is 2. The maximum Gasteiger partial charge on any atom is 0.338 e. The Balaban J connectivity index is 2.22. The highest BCUT2D eigenvalue weighted by Gasteiger charge is 2.10. The van der Waals surface area contributed by atoms with Gasteiger partial charge in [0.15, 0.2) is 11.5 Å². The lowest BCUT2D eigenvalue weighted by Crippen LogP contribution is -2.24. The van der Waals surface area contributed by atoms with E-state index < -0.39 is 5.97 Å². The van der Waals surface area contributed by atoms with Crippen LogP contribution in [0.2, 0.25) is 0 Å². The molecule has 0 saturated carbocycles. The fourth-order valence-electron chi connectivity index (χ4n) is 1.38. The van der Waals surface area contributed by atoms with Crippen molar-refractivity contribution in [3.63, 3.8) is 0 Å². The zero-order chi connectivity index (χ0) is 13.8. The quantitative estimate of drug-likeness (QED) is 0.808. The van der Waals surface area contributed by atoms with E-state index in [2.05, 4.69) is 20.6 Å². The molecule has 98 valence electrons. The number of aromatic carboxylic acids is 1. The van der Waals surface area contributed by atoms with Crippen molar-refractivity contribution in [1.29, 1.82) is 0 Å². The monoisotopic (exact) mass is 261 g/mol. The van der Waals surface area contributed by atoms with Gasteiger partial charge in [-0.25, -0.2) is 9.48 Å². The van der Waals surface area contributed by atoms with Crippen molar-refractivity contribution >= 4 is 11.9 Å². The summed E-state index contributed by atoms with van der Waals surface area (Å²) in [6, 6.07) is 3.03. The highest BCUT2D eigenvalue weighted by Crippen LogP contribution is 2.05. The van der Waals surface area contributed by atoms with Crippen molar-refractivity contribution in [3.8, 4) is 5.82 Å². The lowest BCUT2D eigenvalue weighted by atomic mass is 10.3. The van der Waals surface area contributed by atoms with Crippen LogP contribution in [0, 0.1) is 0 Å². The summed E-state index contributed by atoms with van der Waals surface area (Å²) in [4.78, 5) is 22.2. The number of nitrogens with one attached hydrogen (secondary N) is 1. The second-order valence-corrected chi connectivity index (χ2v) is 3.61. The number of aromatic nitrogens is 4. The van der Waals surface area contributed by atoms with E-state index >= 15 is 0 Å². The minimum absolute atomic E-state index is 0.0506. The van der Waals surface area contributed by atoms with Gasteiger partial charge in [-0.15, -0.1) is 10.2 Å². The third-order valence-electron chi connectivity index (χ3n) is 2.28. The highest BCUT2D eigenvalue weighted by molar-refractivity contribution is 5.92. The smallest absolute Gasteiger partial charge is 0.338 e. The maximum absolute atomic E-state index is 11.5. The van der Waals surface area contributed by atoms with E-state index in [1.165, 1.54) is 29.2 Å². The van der Waals surface area contributed by atoms with Crippen molar-refractivity contribution in [2.45, 2.75) is 6.92 Å². The molecule has 0 bridgehead atoms. The summed E-state index contributed by atoms with van der Waals surface area (Å²) in [5.41, 5.74) is 0.241. The van der Waals surface area contributed by atoms with Gasteiger partial charge < -0.3 is 10.4 Å². The number of nitrogens with zero attached hydrogens (tertiary/aromatic N) is 4. The first-order chi connectivity index (χ1) is 9.11. The summed E-state index contributed by atoms with van der Waals surface area (Å²) in [5.74, 6) is -1.05. The summed E-state index contributed by atoms with van der Waals surface area (Å²) in [6.07, 6.45) is 2.53. The van der Waals surface area contributed by atoms with Gasteiger partial charge in [0, 0.05) is 12.7 Å². The standard InChI is InChI=1S/C11H11N5O3/c1-2-12-10(17)8-3-4-9(15-14-8)16-6-7(5-13-16)11(18)19/h3-6H,2H2,1H3,(H,12,17)(H,18,19). The fourth-order valence-corrected chi connectivity index (χ4v) is 1.38. The Labute approximate surface area is 108 Å². The Kier molecular flexibility index (Phi) is 3.51. The average molecular weight is 261 g/mol. The van der Waals surface area contributed by atoms with E-state index in [1.54, 1.807) is 6.92 Å². The Morgan fingerprint density at radius 3 is 2.68 bits per heavy atom. The van der Waals surface area contributed by atoms with Crippen LogP contribution in [-0.4, -0.2) is 43.5 Å². The van der Waals surface area contributed by atoms with Gasteiger partial charge in [0.2, 0.25) is 0 Å². The molecule has 1 amide bonds. The third kappa shape index (κ3) is 2.73. The number of rotatable bonds is 4. The molecule has 8 nitrogen and oxygen atoms in total. The number of hydrogen-bond acceptors (Lipinski definition) is 5. The SMILES string of the molecule is CCNC(=O)c1ccc(-n2cc(C(=O)O)cn2)nn1. The zero-order valence-electron chi connectivity index (χ0n) is 10.1. The van der Waals surface area contributed by atoms with Crippen molar-refractivity contribution in [3.05, 3.63) is 35.8 Å². The van der Waals surface area contributed by atoms with Gasteiger partial charge >= 0.3 is 5.97 Å². The van der Waals surface area contributed by atoms with Crippen LogP contribution < -0.4 is 5.32 Å². The Morgan fingerprint density at radius 1 is 1.37 bits per heavy atom. The van der Waals surface area contributed by atoms with Gasteiger partial charge in [-0.05, 0) is 19.1 Å². The van der Waals surface area contributed by atoms with Crippen molar-refractivity contribution in [2.75, 3.05) is 6.54 Å². The molecule has 0 saturated heterocycles. The fraction of sp³-hybridized carbons (Fsp3) is 0.182. The van der Waals surface area contributed by atoms with E-state index in [0.717, 1.165) is 0 Å². The van der Waals surface area contributed by atoms with E-state index in [-0.39, 0.29) is 17.2 Å². The molecule has 19 heavy (non-hydrogen) atoms. The van der Waals surface area contributed by atoms with Crippen molar-refractivity contribution in [1.82, 2.24) is 25.3 Å². The molecule has 0 spiro atoms. The maximum atomic E-state index is 11.5. The molecule has 0 fully saturated rings. The summed E-state index contributed by atoms with van der Waals surface area (Å²) < 4.78 is 1.28. The van der Waals surface area contributed by atoms with E-state index in [0.29, 0.717) is 12.4 Å². The van der Waals surface area contributed by atoms with Crippen LogP contribution in [0.1, 0.15) is 27.8 Å². The Hall–Kier alpha value is -2.77. The molecule has 0 unspecified atom stereocenters. The lowest BCUT2D eigenvalue weighted by molar-refractivity contribution is 0.0696. The molecule has 2 N–H and O–H groups in total. The zero-order valence-corrected chi connectivity index (χ0v) is 10.1. The first-order valence-electron chi connectivity index (χ1n) is 5.52. The number of carboxylic acid groups (broad SMARTS) is 1. The highest BCUT2D eigenvalue weighted by atomic mass is 16.4. The minimum atomic E-state index is -1.07. The molecule has 2 aromatic rings. The van der Waals surface area contributed by atoms with Crippen molar-refractivity contribution in [2.24, 2.45) is 0 Å². The van der Waals surface area contributed by atoms with Crippen LogP contribution in [-0.2, 0) is 0 Å². The molecule has 2 aromatic heterocycles. The molecule has 8 heteroatoms. The second-order valence-electron chi connectivity index (χ2n) is 3.61. The first kappa shape index (κ1) is 12.7. The van der Waals surface area contributed by atoms with E-state index in [1.807, 2.05) is 0 Å². The predicted octanol–water partition coefficient (Wildman–Crippen LogP) is 0.110. The van der Waals surface area contributed by atoms with Crippen LogP contribution in [0.3, 0.4) is 0 Å². The van der Waals surface area contributed by atoms with Gasteiger partial charge in [0.05, 0.1) is 11.8 Å². The molecule has 2 rings (SSSR count). The van der Waals surface area contributed by atoms with Crippen LogP contribution in [0.25, 0.3) is 5.82 Å². The van der Waals surface area contributed by atoms with Crippen LogP contribution in [0.15, 0.2) is 24.5 Å². The summed E-state index contributed by atoms with van der Waals surface area (Å²) in [5, 5.41) is 22.8. The predicted molar refractivity (Wildman–Crippen MR) is 64.1 cm³/mol. The minimum Gasteiger partial charge on any atom is -0.478 e. The lowest BCUT2D eigenvalue weighted by Gasteiger charge is -2.02. The van der Waals surface area contributed by atoms with E-state index in [4.69, 9.17) is 5.11 Å². The first-order valence-corrected chi connectivity index (χ1v) is 5.52. The Morgan fingerprint density at radius 2 is 2.16 bits per heavy atom. The molecule has 0 atom stereocenters. The number of carboxylic acids is 1. The summed E-state index contributed by atoms with van der Waals surface area (Å²) in [7, 11) is 0. The average Bonchev–Trinajstić information content (AvgIpc) is 2.89. The second kappa shape index (κ2) is 5.25. The van der Waals surface area contributed by atoms with Crippen molar-refractivity contribution < 1.29 is 14.7 Å². The topological polar surface area (TPSA) is 110 Å². The molecular weight excluding hydrogens is 250 g/mol. The van der Waals surface area contributed by atoms with Gasteiger partial charge in [0.25, 0.3) is 5.91 Å². The van der Waals surface area contributed by atoms with Crippen LogP contribution in [0.5, 0.6) is 0 Å². The van der Waals surface area contributed by atoms with Crippen LogP contribution in [0.4, 0.5) is 0 Å².